The number of hydrogen-bond acceptors (Lipinski definition) is 0. The van der Waals surface area contributed by atoms with Crippen molar-refractivity contribution in [3.63, 3.8) is 0 Å². The molecule has 84 valence electrons. The topological polar surface area (TPSA) is 0 Å². The molecule has 0 radical (unpaired) electrons. The van der Waals surface area contributed by atoms with E-state index in [1.807, 2.05) is 43.3 Å². The van der Waals surface area contributed by atoms with Gasteiger partial charge in [0.15, 0.2) is 0 Å². The van der Waals surface area contributed by atoms with Crippen molar-refractivity contribution in [3.05, 3.63) is 54.1 Å². The zero-order chi connectivity index (χ0) is 11.6. The molecule has 0 saturated heterocycles. The predicted octanol–water partition coefficient (Wildman–Crippen LogP) is 4.37. The van der Waals surface area contributed by atoms with Crippen molar-refractivity contribution in [1.29, 1.82) is 0 Å². The van der Waals surface area contributed by atoms with Gasteiger partial charge in [-0.3, -0.25) is 0 Å². The van der Waals surface area contributed by atoms with E-state index in [9.17, 15) is 4.39 Å². The Morgan fingerprint density at radius 1 is 1.31 bits per heavy atom. The van der Waals surface area contributed by atoms with E-state index in [0.717, 1.165) is 11.1 Å². The average Bonchev–Trinajstić information content (AvgIpc) is 2.34. The summed E-state index contributed by atoms with van der Waals surface area (Å²) in [6.45, 7) is 1.89. The van der Waals surface area contributed by atoms with Crippen LogP contribution in [-0.4, -0.2) is 11.0 Å². The summed E-state index contributed by atoms with van der Waals surface area (Å²) in [5.74, 6) is 0. The fourth-order valence-corrected chi connectivity index (χ4v) is 1.93. The molecule has 2 heteroatoms. The third kappa shape index (κ3) is 2.05. The van der Waals surface area contributed by atoms with Crippen LogP contribution in [0.25, 0.3) is 5.57 Å². The normalized spacial score (nSPS) is 28.9. The first-order chi connectivity index (χ1) is 7.65. The van der Waals surface area contributed by atoms with Crippen LogP contribution in [0.1, 0.15) is 18.9 Å². The summed E-state index contributed by atoms with van der Waals surface area (Å²) in [5, 5.41) is 0. The molecule has 0 saturated carbocycles. The van der Waals surface area contributed by atoms with Crippen molar-refractivity contribution in [2.75, 3.05) is 0 Å². The molecule has 0 bridgehead atoms. The van der Waals surface area contributed by atoms with Crippen molar-refractivity contribution in [2.24, 2.45) is 0 Å². The highest BCUT2D eigenvalue weighted by Crippen LogP contribution is 2.35. The van der Waals surface area contributed by atoms with Crippen molar-refractivity contribution < 1.29 is 4.39 Å². The minimum absolute atomic E-state index is 0.588. The summed E-state index contributed by atoms with van der Waals surface area (Å²) >= 11 is 6.16. The maximum absolute atomic E-state index is 13.9. The smallest absolute Gasteiger partial charge is 0.142 e. The lowest BCUT2D eigenvalue weighted by molar-refractivity contribution is 0.334. The molecular weight excluding hydrogens is 223 g/mol. The Morgan fingerprint density at radius 2 is 2.00 bits per heavy atom. The molecular formula is C14H14ClF. The molecule has 1 aliphatic carbocycles. The van der Waals surface area contributed by atoms with E-state index in [4.69, 9.17) is 11.6 Å². The van der Waals surface area contributed by atoms with Gasteiger partial charge in [0.25, 0.3) is 0 Å². The predicted molar refractivity (Wildman–Crippen MR) is 67.3 cm³/mol. The molecule has 0 unspecified atom stereocenters. The average molecular weight is 237 g/mol. The van der Waals surface area contributed by atoms with Gasteiger partial charge in [0.2, 0.25) is 0 Å². The summed E-state index contributed by atoms with van der Waals surface area (Å²) < 4.78 is 13.9. The van der Waals surface area contributed by atoms with E-state index < -0.39 is 11.0 Å². The Hall–Kier alpha value is -1.08. The zero-order valence-electron chi connectivity index (χ0n) is 9.16. The number of rotatable bonds is 2. The highest BCUT2D eigenvalue weighted by atomic mass is 35.5. The first-order valence-electron chi connectivity index (χ1n) is 5.45. The molecule has 0 spiro atoms. The standard InChI is InChI=1S/C14H14ClF/c1-2-14(15)9-8-12(10-13(14)16)11-6-4-3-5-7-11/h3-10,13H,2H2,1H3/t13-,14+/m0/s1. The highest BCUT2D eigenvalue weighted by Gasteiger charge is 2.34. The molecule has 2 rings (SSSR count). The second-order valence-electron chi connectivity index (χ2n) is 4.00. The van der Waals surface area contributed by atoms with Crippen LogP contribution < -0.4 is 0 Å². The fraction of sp³-hybridized carbons (Fsp3) is 0.286. The molecule has 0 amide bonds. The van der Waals surface area contributed by atoms with E-state index in [1.54, 1.807) is 12.2 Å². The Balaban J connectivity index is 2.30. The van der Waals surface area contributed by atoms with E-state index in [-0.39, 0.29) is 0 Å². The SMILES string of the molecule is CC[C@@]1(Cl)C=CC(c2ccccc2)=C[C@@H]1F. The molecule has 0 fully saturated rings. The summed E-state index contributed by atoms with van der Waals surface area (Å²) in [7, 11) is 0. The number of halogens is 2. The van der Waals surface area contributed by atoms with Gasteiger partial charge in [0, 0.05) is 0 Å². The molecule has 0 nitrogen and oxygen atoms in total. The lowest BCUT2D eigenvalue weighted by Crippen LogP contribution is -2.31. The fourth-order valence-electron chi connectivity index (χ4n) is 1.81. The lowest BCUT2D eigenvalue weighted by Gasteiger charge is -2.27. The van der Waals surface area contributed by atoms with Gasteiger partial charge < -0.3 is 0 Å². The highest BCUT2D eigenvalue weighted by molar-refractivity contribution is 6.26. The Bertz CT molecular complexity index is 422. The van der Waals surface area contributed by atoms with Crippen LogP contribution in [0.5, 0.6) is 0 Å². The van der Waals surface area contributed by atoms with Crippen LogP contribution in [0.4, 0.5) is 4.39 Å². The first kappa shape index (κ1) is 11.4. The minimum Gasteiger partial charge on any atom is -0.241 e. The Kier molecular flexibility index (Phi) is 3.15. The molecule has 0 aromatic heterocycles. The molecule has 0 heterocycles. The van der Waals surface area contributed by atoms with Gasteiger partial charge in [-0.2, -0.15) is 0 Å². The maximum atomic E-state index is 13.9. The second kappa shape index (κ2) is 4.42. The van der Waals surface area contributed by atoms with Crippen molar-refractivity contribution in [1.82, 2.24) is 0 Å². The summed E-state index contributed by atoms with van der Waals surface area (Å²) in [6, 6.07) is 9.77. The van der Waals surface area contributed by atoms with Crippen LogP contribution in [0.2, 0.25) is 0 Å². The molecule has 0 N–H and O–H groups in total. The van der Waals surface area contributed by atoms with Crippen LogP contribution in [0.15, 0.2) is 48.6 Å². The molecule has 2 atom stereocenters. The maximum Gasteiger partial charge on any atom is 0.142 e. The van der Waals surface area contributed by atoms with E-state index in [0.29, 0.717) is 6.42 Å². The number of allylic oxidation sites excluding steroid dienone is 4. The number of alkyl halides is 2. The van der Waals surface area contributed by atoms with Gasteiger partial charge in [-0.1, -0.05) is 49.4 Å². The van der Waals surface area contributed by atoms with Crippen LogP contribution in [0.3, 0.4) is 0 Å². The third-order valence-corrected chi connectivity index (χ3v) is 3.58. The first-order valence-corrected chi connectivity index (χ1v) is 5.83. The van der Waals surface area contributed by atoms with Gasteiger partial charge in [-0.25, -0.2) is 4.39 Å². The van der Waals surface area contributed by atoms with Crippen molar-refractivity contribution >= 4 is 17.2 Å². The van der Waals surface area contributed by atoms with Gasteiger partial charge in [-0.05, 0) is 23.6 Å². The van der Waals surface area contributed by atoms with E-state index >= 15 is 0 Å². The quantitative estimate of drug-likeness (QED) is 0.669. The van der Waals surface area contributed by atoms with Crippen LogP contribution in [-0.2, 0) is 0 Å². The molecule has 16 heavy (non-hydrogen) atoms. The summed E-state index contributed by atoms with van der Waals surface area (Å²) in [6.07, 6.45) is 4.74. The molecule has 1 aromatic rings. The van der Waals surface area contributed by atoms with E-state index in [1.165, 1.54) is 0 Å². The molecule has 0 aliphatic heterocycles. The minimum atomic E-state index is -1.13. The Labute approximate surface area is 100 Å². The number of benzene rings is 1. The van der Waals surface area contributed by atoms with Gasteiger partial charge >= 0.3 is 0 Å². The second-order valence-corrected chi connectivity index (χ2v) is 4.71. The lowest BCUT2D eigenvalue weighted by atomic mass is 9.89. The van der Waals surface area contributed by atoms with Gasteiger partial charge in [0.05, 0.1) is 4.87 Å². The summed E-state index contributed by atoms with van der Waals surface area (Å²) in [5.41, 5.74) is 1.93. The van der Waals surface area contributed by atoms with Crippen LogP contribution in [0, 0.1) is 0 Å². The Morgan fingerprint density at radius 3 is 2.56 bits per heavy atom. The monoisotopic (exact) mass is 236 g/mol. The molecule has 1 aromatic carbocycles. The number of hydrogen-bond donors (Lipinski definition) is 0. The van der Waals surface area contributed by atoms with E-state index in [2.05, 4.69) is 0 Å². The molecule has 1 aliphatic rings. The van der Waals surface area contributed by atoms with Crippen molar-refractivity contribution in [3.8, 4) is 0 Å². The summed E-state index contributed by atoms with van der Waals surface area (Å²) in [4.78, 5) is -0.863. The van der Waals surface area contributed by atoms with Gasteiger partial charge in [0.1, 0.15) is 6.17 Å². The van der Waals surface area contributed by atoms with Crippen molar-refractivity contribution in [2.45, 2.75) is 24.4 Å². The van der Waals surface area contributed by atoms with Crippen LogP contribution >= 0.6 is 11.6 Å². The zero-order valence-corrected chi connectivity index (χ0v) is 9.92. The largest absolute Gasteiger partial charge is 0.241 e. The third-order valence-electron chi connectivity index (χ3n) is 2.97. The van der Waals surface area contributed by atoms with Gasteiger partial charge in [-0.15, -0.1) is 11.6 Å².